The molecule has 0 aliphatic heterocycles. The normalized spacial score (nSPS) is 35.1. The smallest absolute Gasteiger partial charge is 0.130 e. The van der Waals surface area contributed by atoms with Crippen molar-refractivity contribution in [3.8, 4) is 0 Å². The summed E-state index contributed by atoms with van der Waals surface area (Å²) in [7, 11) is 0. The maximum Gasteiger partial charge on any atom is 0.130 e. The van der Waals surface area contributed by atoms with Crippen molar-refractivity contribution in [1.82, 2.24) is 0 Å². The lowest BCUT2D eigenvalue weighted by Crippen LogP contribution is -2.30. The van der Waals surface area contributed by atoms with Gasteiger partial charge in [0, 0.05) is 0 Å². The summed E-state index contributed by atoms with van der Waals surface area (Å²) < 4.78 is 15.3. The van der Waals surface area contributed by atoms with E-state index in [0.717, 1.165) is 47.6 Å². The minimum atomic E-state index is 0.181. The summed E-state index contributed by atoms with van der Waals surface area (Å²) in [5.41, 5.74) is 3.44. The average molecular weight is 343 g/mol. The SMILES string of the molecule is CCCC1CCc2c(ccc(C3CCC4CC(C)CCC4C3)c2F)C1. The van der Waals surface area contributed by atoms with Gasteiger partial charge in [0.05, 0.1) is 0 Å². The number of hydrogen-bond donors (Lipinski definition) is 0. The summed E-state index contributed by atoms with van der Waals surface area (Å²) >= 11 is 0. The van der Waals surface area contributed by atoms with Gasteiger partial charge in [-0.1, -0.05) is 45.2 Å². The quantitative estimate of drug-likeness (QED) is 0.552. The standard InChI is InChI=1S/C24H35F/c1-3-4-17-6-11-22-20(14-17)10-12-23(24(22)25)21-9-8-18-13-16(2)5-7-19(18)15-21/h10,12,16-19,21H,3-9,11,13-15H2,1-2H3. The maximum atomic E-state index is 15.3. The first kappa shape index (κ1) is 17.6. The van der Waals surface area contributed by atoms with Crippen molar-refractivity contribution in [2.45, 2.75) is 90.4 Å². The molecule has 1 heteroatoms. The molecule has 5 atom stereocenters. The molecule has 0 radical (unpaired) electrons. The molecule has 3 aliphatic rings. The highest BCUT2D eigenvalue weighted by Crippen LogP contribution is 2.48. The van der Waals surface area contributed by atoms with Crippen molar-refractivity contribution >= 4 is 0 Å². The molecular weight excluding hydrogens is 307 g/mol. The Morgan fingerprint density at radius 2 is 1.80 bits per heavy atom. The number of rotatable bonds is 3. The predicted octanol–water partition coefficient (Wildman–Crippen LogP) is 7.05. The summed E-state index contributed by atoms with van der Waals surface area (Å²) in [6.07, 6.45) is 13.8. The van der Waals surface area contributed by atoms with Crippen LogP contribution in [0.2, 0.25) is 0 Å². The molecule has 0 nitrogen and oxygen atoms in total. The first-order valence-electron chi connectivity index (χ1n) is 11.0. The molecule has 0 saturated heterocycles. The van der Waals surface area contributed by atoms with Gasteiger partial charge in [0.15, 0.2) is 0 Å². The van der Waals surface area contributed by atoms with Gasteiger partial charge in [0.1, 0.15) is 5.82 Å². The number of benzene rings is 1. The van der Waals surface area contributed by atoms with Crippen LogP contribution in [-0.4, -0.2) is 0 Å². The average Bonchev–Trinajstić information content (AvgIpc) is 2.62. The zero-order valence-electron chi connectivity index (χ0n) is 16.2. The third kappa shape index (κ3) is 3.53. The van der Waals surface area contributed by atoms with E-state index in [1.807, 2.05) is 0 Å². The lowest BCUT2D eigenvalue weighted by atomic mass is 9.64. The van der Waals surface area contributed by atoms with Gasteiger partial charge in [0.2, 0.25) is 0 Å². The molecule has 2 saturated carbocycles. The van der Waals surface area contributed by atoms with Gasteiger partial charge in [-0.3, -0.25) is 0 Å². The van der Waals surface area contributed by atoms with Crippen molar-refractivity contribution in [3.63, 3.8) is 0 Å². The zero-order valence-corrected chi connectivity index (χ0v) is 16.2. The molecule has 2 fully saturated rings. The summed E-state index contributed by atoms with van der Waals surface area (Å²) in [6, 6.07) is 4.45. The molecule has 0 aromatic heterocycles. The second-order valence-corrected chi connectivity index (χ2v) is 9.45. The molecule has 138 valence electrons. The Kier molecular flexibility index (Phi) is 5.20. The Hall–Kier alpha value is -0.850. The largest absolute Gasteiger partial charge is 0.206 e. The molecule has 3 aliphatic carbocycles. The molecule has 0 N–H and O–H groups in total. The van der Waals surface area contributed by atoms with E-state index in [2.05, 4.69) is 26.0 Å². The highest BCUT2D eigenvalue weighted by atomic mass is 19.1. The van der Waals surface area contributed by atoms with E-state index in [1.165, 1.54) is 63.4 Å². The fourth-order valence-electron chi connectivity index (χ4n) is 6.28. The Morgan fingerprint density at radius 1 is 1.00 bits per heavy atom. The van der Waals surface area contributed by atoms with Crippen LogP contribution in [0.25, 0.3) is 0 Å². The van der Waals surface area contributed by atoms with Gasteiger partial charge >= 0.3 is 0 Å². The van der Waals surface area contributed by atoms with Crippen LogP contribution in [0.15, 0.2) is 12.1 Å². The highest BCUT2D eigenvalue weighted by Gasteiger charge is 2.36. The van der Waals surface area contributed by atoms with E-state index in [9.17, 15) is 0 Å². The van der Waals surface area contributed by atoms with Gasteiger partial charge < -0.3 is 0 Å². The maximum absolute atomic E-state index is 15.3. The summed E-state index contributed by atoms with van der Waals surface area (Å²) in [6.45, 7) is 4.68. The van der Waals surface area contributed by atoms with Gasteiger partial charge in [0.25, 0.3) is 0 Å². The predicted molar refractivity (Wildman–Crippen MR) is 103 cm³/mol. The van der Waals surface area contributed by atoms with Crippen LogP contribution in [0, 0.1) is 29.5 Å². The molecule has 1 aromatic rings. The van der Waals surface area contributed by atoms with Gasteiger partial charge in [-0.15, -0.1) is 0 Å². The molecular formula is C24H35F. The Labute approximate surface area is 153 Å². The van der Waals surface area contributed by atoms with E-state index < -0.39 is 0 Å². The van der Waals surface area contributed by atoms with Crippen molar-refractivity contribution in [2.24, 2.45) is 23.7 Å². The van der Waals surface area contributed by atoms with Gasteiger partial charge in [-0.25, -0.2) is 4.39 Å². The number of fused-ring (bicyclic) bond motifs is 2. The second-order valence-electron chi connectivity index (χ2n) is 9.45. The zero-order chi connectivity index (χ0) is 17.4. The Balaban J connectivity index is 1.50. The Morgan fingerprint density at radius 3 is 2.64 bits per heavy atom. The minimum Gasteiger partial charge on any atom is -0.206 e. The monoisotopic (exact) mass is 342 g/mol. The molecule has 0 amide bonds. The molecule has 0 heterocycles. The van der Waals surface area contributed by atoms with Crippen LogP contribution in [-0.2, 0) is 12.8 Å². The van der Waals surface area contributed by atoms with E-state index in [1.54, 1.807) is 0 Å². The molecule has 1 aromatic carbocycles. The van der Waals surface area contributed by atoms with E-state index >= 15 is 4.39 Å². The second kappa shape index (κ2) is 7.41. The van der Waals surface area contributed by atoms with Gasteiger partial charge in [-0.05, 0) is 97.6 Å². The summed E-state index contributed by atoms with van der Waals surface area (Å²) in [5, 5.41) is 0. The van der Waals surface area contributed by atoms with E-state index in [4.69, 9.17) is 0 Å². The van der Waals surface area contributed by atoms with Crippen molar-refractivity contribution in [2.75, 3.05) is 0 Å². The highest BCUT2D eigenvalue weighted by molar-refractivity contribution is 5.38. The topological polar surface area (TPSA) is 0 Å². The first-order chi connectivity index (χ1) is 12.2. The van der Waals surface area contributed by atoms with Crippen LogP contribution >= 0.6 is 0 Å². The van der Waals surface area contributed by atoms with E-state index in [0.29, 0.717) is 5.92 Å². The van der Waals surface area contributed by atoms with E-state index in [-0.39, 0.29) is 5.82 Å². The fraction of sp³-hybridized carbons (Fsp3) is 0.750. The lowest BCUT2D eigenvalue weighted by Gasteiger charge is -2.42. The van der Waals surface area contributed by atoms with Crippen LogP contribution in [0.4, 0.5) is 4.39 Å². The lowest BCUT2D eigenvalue weighted by molar-refractivity contribution is 0.123. The van der Waals surface area contributed by atoms with Gasteiger partial charge in [-0.2, -0.15) is 0 Å². The third-order valence-corrected chi connectivity index (χ3v) is 7.69. The van der Waals surface area contributed by atoms with Crippen molar-refractivity contribution in [3.05, 3.63) is 34.6 Å². The molecule has 4 rings (SSSR count). The van der Waals surface area contributed by atoms with Crippen LogP contribution in [0.5, 0.6) is 0 Å². The summed E-state index contributed by atoms with van der Waals surface area (Å²) in [4.78, 5) is 0. The van der Waals surface area contributed by atoms with Crippen LogP contribution < -0.4 is 0 Å². The first-order valence-corrected chi connectivity index (χ1v) is 11.0. The Bertz CT molecular complexity index is 604. The van der Waals surface area contributed by atoms with Crippen LogP contribution in [0.3, 0.4) is 0 Å². The molecule has 25 heavy (non-hydrogen) atoms. The van der Waals surface area contributed by atoms with Crippen molar-refractivity contribution in [1.29, 1.82) is 0 Å². The summed E-state index contributed by atoms with van der Waals surface area (Å²) in [5.74, 6) is 4.14. The molecule has 0 bridgehead atoms. The van der Waals surface area contributed by atoms with Crippen LogP contribution in [0.1, 0.15) is 94.2 Å². The molecule has 5 unspecified atom stereocenters. The number of halogens is 1. The van der Waals surface area contributed by atoms with Crippen molar-refractivity contribution < 1.29 is 4.39 Å². The minimum absolute atomic E-state index is 0.181. The third-order valence-electron chi connectivity index (χ3n) is 7.69. The number of hydrogen-bond acceptors (Lipinski definition) is 0. The fourth-order valence-corrected chi connectivity index (χ4v) is 6.28. The molecule has 0 spiro atoms.